The second kappa shape index (κ2) is 9.62. The van der Waals surface area contributed by atoms with E-state index < -0.39 is 17.2 Å². The van der Waals surface area contributed by atoms with Gasteiger partial charge in [0.05, 0.1) is 0 Å². The highest BCUT2D eigenvalue weighted by molar-refractivity contribution is 7.36. The lowest BCUT2D eigenvalue weighted by Crippen LogP contribution is -2.18. The Balaban J connectivity index is 0. The third-order valence-corrected chi connectivity index (χ3v) is 0.704. The summed E-state index contributed by atoms with van der Waals surface area (Å²) in [4.78, 5) is 44.3. The predicted molar refractivity (Wildman–Crippen MR) is 25.5 cm³/mol. The van der Waals surface area contributed by atoms with E-state index in [1.165, 1.54) is 0 Å². The average molecular weight is 187 g/mol. The van der Waals surface area contributed by atoms with Crippen LogP contribution in [0.15, 0.2) is 0 Å². The fourth-order valence-corrected chi connectivity index (χ4v) is 0.316. The molecule has 0 rings (SSSR count). The lowest BCUT2D eigenvalue weighted by molar-refractivity contribution is -0.407. The van der Waals surface area contributed by atoms with Crippen LogP contribution in [0.25, 0.3) is 0 Å². The average Bonchev–Trinajstić information content (AvgIpc) is 1.62. The van der Waals surface area contributed by atoms with Crippen LogP contribution in [-0.2, 0) is 4.52 Å². The molecule has 0 saturated heterocycles. The molecule has 0 amide bonds. The van der Waals surface area contributed by atoms with Gasteiger partial charge < -0.3 is 37.6 Å². The van der Waals surface area contributed by atoms with Gasteiger partial charge in [0.1, 0.15) is 0 Å². The Hall–Kier alpha value is 0.620. The maximum absolute atomic E-state index is 9.41. The van der Waals surface area contributed by atoms with Gasteiger partial charge in [0.15, 0.2) is 0 Å². The predicted octanol–water partition coefficient (Wildman–Crippen LogP) is -3.74. The summed E-state index contributed by atoms with van der Waals surface area (Å²) in [6.07, 6.45) is 0. The largest absolute Gasteiger partial charge is 0.854 e. The van der Waals surface area contributed by atoms with Crippen molar-refractivity contribution in [2.24, 2.45) is 0 Å². The van der Waals surface area contributed by atoms with E-state index in [4.69, 9.17) is 14.7 Å². The van der Waals surface area contributed by atoms with E-state index in [9.17, 15) is 9.79 Å². The normalized spacial score (nSPS) is 9.60. The molecular formula is C2H5O6P2-5. The van der Waals surface area contributed by atoms with E-state index >= 15 is 0 Å². The van der Waals surface area contributed by atoms with Gasteiger partial charge in [0.2, 0.25) is 0 Å². The van der Waals surface area contributed by atoms with Gasteiger partial charge in [0.25, 0.3) is 0 Å². The first-order chi connectivity index (χ1) is 4.50. The third kappa shape index (κ3) is 38.2. The minimum absolute atomic E-state index is 0.235. The van der Waals surface area contributed by atoms with Crippen LogP contribution in [0, 0.1) is 0 Å². The van der Waals surface area contributed by atoms with Gasteiger partial charge in [-0.3, -0.25) is 0 Å². The smallest absolute Gasteiger partial charge is 0.0447 e. The number of hydrogen-bond acceptors (Lipinski definition) is 6. The topological polar surface area (TPSA) is 125 Å². The van der Waals surface area contributed by atoms with Crippen LogP contribution in [0.4, 0.5) is 0 Å². The van der Waals surface area contributed by atoms with Crippen molar-refractivity contribution in [3.63, 3.8) is 0 Å². The Kier molecular flexibility index (Phi) is 12.7. The third-order valence-electron chi connectivity index (χ3n) is 0.235. The quantitative estimate of drug-likeness (QED) is 0.409. The second-order valence-corrected chi connectivity index (χ2v) is 2.02. The second-order valence-electron chi connectivity index (χ2n) is 0.865. The number of rotatable bonds is 2. The lowest BCUT2D eigenvalue weighted by atomic mass is 10.9. The van der Waals surface area contributed by atoms with Crippen LogP contribution < -0.4 is 24.5 Å². The van der Waals surface area contributed by atoms with Gasteiger partial charge in [-0.2, -0.15) is 8.60 Å². The highest BCUT2D eigenvalue weighted by atomic mass is 31.2. The molecule has 0 fully saturated rings. The summed E-state index contributed by atoms with van der Waals surface area (Å²) in [7, 11) is -5.97. The van der Waals surface area contributed by atoms with E-state index in [0.717, 1.165) is 0 Å². The molecule has 0 aromatic carbocycles. The molecule has 0 aromatic heterocycles. The molecule has 8 heteroatoms. The number of hydrogen-bond donors (Lipinski definition) is 0. The van der Waals surface area contributed by atoms with Crippen LogP contribution in [0.3, 0.4) is 0 Å². The van der Waals surface area contributed by atoms with E-state index in [0.29, 0.717) is 0 Å². The summed E-state index contributed by atoms with van der Waals surface area (Å²) in [5.74, 6) is 0. The highest BCUT2D eigenvalue weighted by Gasteiger charge is 1.64. The first-order valence-electron chi connectivity index (χ1n) is 2.09. The van der Waals surface area contributed by atoms with Gasteiger partial charge in [-0.25, -0.2) is 0 Å². The summed E-state index contributed by atoms with van der Waals surface area (Å²) in [6.45, 7) is 1.85. The van der Waals surface area contributed by atoms with Crippen molar-refractivity contribution in [2.45, 2.75) is 6.92 Å². The zero-order valence-corrected chi connectivity index (χ0v) is 6.84. The first-order valence-corrected chi connectivity index (χ1v) is 4.28. The lowest BCUT2D eigenvalue weighted by Gasteiger charge is -2.39. The van der Waals surface area contributed by atoms with E-state index in [1.54, 1.807) is 6.92 Å². The van der Waals surface area contributed by atoms with Crippen molar-refractivity contribution in [1.29, 1.82) is 0 Å². The standard InChI is InChI=1S/C2H5O3P.O3P/c1-2-5-6(3)4;1-4(2)3/h2H2,1H3;/q-2;-3. The Morgan fingerprint density at radius 2 is 1.40 bits per heavy atom. The van der Waals surface area contributed by atoms with Crippen LogP contribution in [0.2, 0.25) is 0 Å². The Labute approximate surface area is 60.7 Å². The summed E-state index contributed by atoms with van der Waals surface area (Å²) < 4.78 is 4.00. The van der Waals surface area contributed by atoms with Crippen molar-refractivity contribution < 1.29 is 29.0 Å². The van der Waals surface area contributed by atoms with Crippen molar-refractivity contribution in [3.05, 3.63) is 0 Å². The Bertz CT molecular complexity index is 55.0. The fourth-order valence-electron chi connectivity index (χ4n) is 0.105. The zero-order valence-electron chi connectivity index (χ0n) is 5.05. The van der Waals surface area contributed by atoms with Gasteiger partial charge in [-0.1, -0.05) is 0 Å². The molecule has 0 bridgehead atoms. The van der Waals surface area contributed by atoms with Crippen molar-refractivity contribution in [1.82, 2.24) is 0 Å². The molecule has 0 aromatic rings. The van der Waals surface area contributed by atoms with Gasteiger partial charge >= 0.3 is 0 Å². The molecule has 64 valence electrons. The fraction of sp³-hybridized carbons (Fsp3) is 1.00. The van der Waals surface area contributed by atoms with E-state index in [2.05, 4.69) is 4.52 Å². The minimum atomic E-state index is -3.37. The summed E-state index contributed by atoms with van der Waals surface area (Å²) in [6, 6.07) is 0. The molecule has 10 heavy (non-hydrogen) atoms. The van der Waals surface area contributed by atoms with Gasteiger partial charge in [-0.05, 0) is 6.92 Å². The summed E-state index contributed by atoms with van der Waals surface area (Å²) >= 11 is 0. The van der Waals surface area contributed by atoms with Crippen molar-refractivity contribution in [2.75, 3.05) is 6.61 Å². The zero-order chi connectivity index (χ0) is 8.57. The molecule has 0 atom stereocenters. The SMILES string of the molecule is CCOP([O-])[O-].[O-]P([O-])[O-]. The molecule has 0 aliphatic rings. The van der Waals surface area contributed by atoms with Gasteiger partial charge in [0, 0.05) is 6.61 Å². The summed E-state index contributed by atoms with van der Waals surface area (Å²) in [5, 5.41) is 0. The maximum Gasteiger partial charge on any atom is 0.0447 e. The van der Waals surface area contributed by atoms with Crippen LogP contribution >= 0.6 is 17.2 Å². The first kappa shape index (κ1) is 13.2. The van der Waals surface area contributed by atoms with Gasteiger partial charge in [-0.15, -0.1) is 0 Å². The molecule has 0 aliphatic heterocycles. The highest BCUT2D eigenvalue weighted by Crippen LogP contribution is 2.10. The Morgan fingerprint density at radius 1 is 1.10 bits per heavy atom. The molecule has 0 spiro atoms. The minimum Gasteiger partial charge on any atom is -0.854 e. The molecule has 0 N–H and O–H groups in total. The molecule has 0 heterocycles. The van der Waals surface area contributed by atoms with Crippen LogP contribution in [0.1, 0.15) is 6.92 Å². The van der Waals surface area contributed by atoms with Crippen LogP contribution in [-0.4, -0.2) is 6.61 Å². The van der Waals surface area contributed by atoms with E-state index in [-0.39, 0.29) is 6.61 Å². The maximum atomic E-state index is 9.41. The molecular weight excluding hydrogens is 182 g/mol. The molecule has 0 unspecified atom stereocenters. The van der Waals surface area contributed by atoms with Crippen molar-refractivity contribution in [3.8, 4) is 0 Å². The van der Waals surface area contributed by atoms with Crippen molar-refractivity contribution >= 4 is 17.2 Å². The summed E-state index contributed by atoms with van der Waals surface area (Å²) in [5.41, 5.74) is 0. The monoisotopic (exact) mass is 187 g/mol. The Morgan fingerprint density at radius 3 is 1.40 bits per heavy atom. The van der Waals surface area contributed by atoms with E-state index in [1.807, 2.05) is 0 Å². The molecule has 0 radical (unpaired) electrons. The van der Waals surface area contributed by atoms with Crippen LogP contribution in [0.5, 0.6) is 0 Å². The molecule has 0 saturated carbocycles. The molecule has 0 aliphatic carbocycles. The molecule has 6 nitrogen and oxygen atoms in total.